The summed E-state index contributed by atoms with van der Waals surface area (Å²) in [6, 6.07) is 16.6. The lowest BCUT2D eigenvalue weighted by molar-refractivity contribution is -0.126. The monoisotopic (exact) mass is 416 g/mol. The summed E-state index contributed by atoms with van der Waals surface area (Å²) in [6.45, 7) is 5.75. The van der Waals surface area contributed by atoms with Crippen LogP contribution in [0.1, 0.15) is 29.5 Å². The molecule has 0 bridgehead atoms. The van der Waals surface area contributed by atoms with E-state index in [1.807, 2.05) is 23.9 Å². The van der Waals surface area contributed by atoms with Gasteiger partial charge in [0.15, 0.2) is 0 Å². The maximum Gasteiger partial charge on any atom is 0.223 e. The third kappa shape index (κ3) is 6.84. The van der Waals surface area contributed by atoms with Crippen molar-refractivity contribution in [2.45, 2.75) is 32.1 Å². The van der Waals surface area contributed by atoms with E-state index in [0.717, 1.165) is 55.5 Å². The van der Waals surface area contributed by atoms with E-state index < -0.39 is 0 Å². The third-order valence-corrected chi connectivity index (χ3v) is 6.46. The van der Waals surface area contributed by atoms with Crippen molar-refractivity contribution in [2.75, 3.05) is 25.4 Å². The molecule has 2 aromatic rings. The van der Waals surface area contributed by atoms with E-state index in [0.29, 0.717) is 0 Å². The SMILES string of the molecule is Cc1cccc(CSCCNC(=O)C2CCN(Cc3ccc(Cl)cc3)CC2)c1. The summed E-state index contributed by atoms with van der Waals surface area (Å²) < 4.78 is 0. The molecule has 5 heteroatoms. The molecule has 0 saturated carbocycles. The average molecular weight is 417 g/mol. The molecule has 0 aliphatic carbocycles. The van der Waals surface area contributed by atoms with Gasteiger partial charge in [-0.2, -0.15) is 11.8 Å². The molecule has 1 aliphatic heterocycles. The Labute approximate surface area is 177 Å². The van der Waals surface area contributed by atoms with Crippen molar-refractivity contribution in [2.24, 2.45) is 5.92 Å². The van der Waals surface area contributed by atoms with E-state index in [2.05, 4.69) is 53.5 Å². The highest BCUT2D eigenvalue weighted by Crippen LogP contribution is 2.20. The van der Waals surface area contributed by atoms with Gasteiger partial charge >= 0.3 is 0 Å². The number of halogens is 1. The summed E-state index contributed by atoms with van der Waals surface area (Å²) in [4.78, 5) is 14.8. The lowest BCUT2D eigenvalue weighted by Crippen LogP contribution is -2.40. The molecule has 1 aliphatic rings. The summed E-state index contributed by atoms with van der Waals surface area (Å²) >= 11 is 7.82. The molecular weight excluding hydrogens is 388 g/mol. The molecule has 0 spiro atoms. The number of amides is 1. The van der Waals surface area contributed by atoms with Gasteiger partial charge in [-0.1, -0.05) is 53.6 Å². The Bertz CT molecular complexity index is 757. The predicted octanol–water partition coefficient (Wildman–Crippen LogP) is 4.91. The van der Waals surface area contributed by atoms with Gasteiger partial charge < -0.3 is 5.32 Å². The zero-order valence-corrected chi connectivity index (χ0v) is 18.1. The van der Waals surface area contributed by atoms with E-state index in [1.54, 1.807) is 0 Å². The molecule has 1 saturated heterocycles. The van der Waals surface area contributed by atoms with Gasteiger partial charge in [0.2, 0.25) is 5.91 Å². The van der Waals surface area contributed by atoms with Crippen LogP contribution < -0.4 is 5.32 Å². The molecule has 28 heavy (non-hydrogen) atoms. The fourth-order valence-electron chi connectivity index (χ4n) is 3.58. The first-order chi connectivity index (χ1) is 13.6. The maximum absolute atomic E-state index is 12.4. The van der Waals surface area contributed by atoms with Crippen LogP contribution in [0.4, 0.5) is 0 Å². The van der Waals surface area contributed by atoms with E-state index in [-0.39, 0.29) is 11.8 Å². The number of benzene rings is 2. The molecule has 3 nitrogen and oxygen atoms in total. The standard InChI is InChI=1S/C23H29ClN2OS/c1-18-3-2-4-20(15-18)17-28-14-11-25-23(27)21-9-12-26(13-10-21)16-19-5-7-22(24)8-6-19/h2-8,15,21H,9-14,16-17H2,1H3,(H,25,27). The van der Waals surface area contributed by atoms with Gasteiger partial charge in [0.05, 0.1) is 0 Å². The van der Waals surface area contributed by atoms with E-state index in [9.17, 15) is 4.79 Å². The zero-order chi connectivity index (χ0) is 19.8. The molecule has 2 aromatic carbocycles. The van der Waals surface area contributed by atoms with Gasteiger partial charge in [0, 0.05) is 35.5 Å². The number of carbonyl (C=O) groups excluding carboxylic acids is 1. The smallest absolute Gasteiger partial charge is 0.223 e. The number of aryl methyl sites for hydroxylation is 1. The fraction of sp³-hybridized carbons (Fsp3) is 0.435. The van der Waals surface area contributed by atoms with Gasteiger partial charge in [-0.05, 0) is 56.1 Å². The van der Waals surface area contributed by atoms with Gasteiger partial charge in [-0.15, -0.1) is 0 Å². The quantitative estimate of drug-likeness (QED) is 0.620. The van der Waals surface area contributed by atoms with Crippen molar-refractivity contribution in [3.63, 3.8) is 0 Å². The number of carbonyl (C=O) groups is 1. The lowest BCUT2D eigenvalue weighted by Gasteiger charge is -2.31. The van der Waals surface area contributed by atoms with Crippen LogP contribution >= 0.6 is 23.4 Å². The summed E-state index contributed by atoms with van der Waals surface area (Å²) in [7, 11) is 0. The molecule has 1 heterocycles. The van der Waals surface area contributed by atoms with Crippen LogP contribution in [0, 0.1) is 12.8 Å². The van der Waals surface area contributed by atoms with Gasteiger partial charge in [-0.25, -0.2) is 0 Å². The molecule has 0 radical (unpaired) electrons. The number of thioether (sulfide) groups is 1. The van der Waals surface area contributed by atoms with Crippen molar-refractivity contribution in [3.8, 4) is 0 Å². The van der Waals surface area contributed by atoms with Gasteiger partial charge in [0.1, 0.15) is 0 Å². The summed E-state index contributed by atoms with van der Waals surface area (Å²) in [5.74, 6) is 2.33. The summed E-state index contributed by atoms with van der Waals surface area (Å²) in [5.41, 5.74) is 3.93. The molecule has 1 N–H and O–H groups in total. The third-order valence-electron chi connectivity index (χ3n) is 5.17. The van der Waals surface area contributed by atoms with E-state index >= 15 is 0 Å². The Balaban J connectivity index is 1.30. The Hall–Kier alpha value is -1.49. The number of nitrogens with zero attached hydrogens (tertiary/aromatic N) is 1. The van der Waals surface area contributed by atoms with Gasteiger partial charge in [-0.3, -0.25) is 9.69 Å². The van der Waals surface area contributed by atoms with Crippen LogP contribution in [0.25, 0.3) is 0 Å². The minimum atomic E-state index is 0.156. The lowest BCUT2D eigenvalue weighted by atomic mass is 9.95. The first-order valence-electron chi connectivity index (χ1n) is 9.98. The second-order valence-corrected chi connectivity index (χ2v) is 9.05. The first kappa shape index (κ1) is 21.2. The Morgan fingerprint density at radius 1 is 1.14 bits per heavy atom. The van der Waals surface area contributed by atoms with Crippen LogP contribution in [0.5, 0.6) is 0 Å². The number of rotatable bonds is 8. The van der Waals surface area contributed by atoms with Crippen LogP contribution in [-0.2, 0) is 17.1 Å². The number of hydrogen-bond acceptors (Lipinski definition) is 3. The molecule has 150 valence electrons. The fourth-order valence-corrected chi connectivity index (χ4v) is 4.52. The van der Waals surface area contributed by atoms with Crippen molar-refractivity contribution in [1.29, 1.82) is 0 Å². The molecule has 1 amide bonds. The average Bonchev–Trinajstić information content (AvgIpc) is 2.70. The normalized spacial score (nSPS) is 15.5. The molecule has 3 rings (SSSR count). The molecule has 1 fully saturated rings. The maximum atomic E-state index is 12.4. The van der Waals surface area contributed by atoms with Gasteiger partial charge in [0.25, 0.3) is 0 Å². The Kier molecular flexibility index (Phi) is 8.26. The van der Waals surface area contributed by atoms with E-state index in [1.165, 1.54) is 16.7 Å². The first-order valence-corrected chi connectivity index (χ1v) is 11.5. The number of nitrogens with one attached hydrogen (secondary N) is 1. The van der Waals surface area contributed by atoms with Crippen molar-refractivity contribution in [1.82, 2.24) is 10.2 Å². The highest BCUT2D eigenvalue weighted by atomic mass is 35.5. The van der Waals surface area contributed by atoms with E-state index in [4.69, 9.17) is 11.6 Å². The minimum absolute atomic E-state index is 0.156. The Morgan fingerprint density at radius 2 is 1.89 bits per heavy atom. The highest BCUT2D eigenvalue weighted by molar-refractivity contribution is 7.98. The highest BCUT2D eigenvalue weighted by Gasteiger charge is 2.24. The van der Waals surface area contributed by atoms with Crippen molar-refractivity contribution >= 4 is 29.3 Å². The van der Waals surface area contributed by atoms with Crippen LogP contribution in [0.3, 0.4) is 0 Å². The zero-order valence-electron chi connectivity index (χ0n) is 16.5. The van der Waals surface area contributed by atoms with Crippen molar-refractivity contribution in [3.05, 3.63) is 70.2 Å². The number of likely N-dealkylation sites (tertiary alicyclic amines) is 1. The summed E-state index contributed by atoms with van der Waals surface area (Å²) in [5, 5.41) is 3.90. The molecule has 0 aromatic heterocycles. The molecule has 0 unspecified atom stereocenters. The van der Waals surface area contributed by atoms with Crippen molar-refractivity contribution < 1.29 is 4.79 Å². The topological polar surface area (TPSA) is 32.3 Å². The number of piperidine rings is 1. The molecule has 0 atom stereocenters. The summed E-state index contributed by atoms with van der Waals surface area (Å²) in [6.07, 6.45) is 1.88. The number of hydrogen-bond donors (Lipinski definition) is 1. The van der Waals surface area contributed by atoms with Crippen LogP contribution in [0.15, 0.2) is 48.5 Å². The Morgan fingerprint density at radius 3 is 2.61 bits per heavy atom. The second-order valence-electron chi connectivity index (χ2n) is 7.51. The predicted molar refractivity (Wildman–Crippen MR) is 120 cm³/mol. The molecular formula is C23H29ClN2OS. The van der Waals surface area contributed by atoms with Crippen LogP contribution in [0.2, 0.25) is 5.02 Å². The minimum Gasteiger partial charge on any atom is -0.355 e. The second kappa shape index (κ2) is 10.9. The van der Waals surface area contributed by atoms with Crippen LogP contribution in [-0.4, -0.2) is 36.2 Å². The largest absolute Gasteiger partial charge is 0.355 e.